The number of nitrogens with one attached hydrogen (secondary N) is 2. The van der Waals surface area contributed by atoms with Crippen molar-refractivity contribution in [2.75, 3.05) is 32.7 Å². The second-order valence-corrected chi connectivity index (χ2v) is 7.40. The van der Waals surface area contributed by atoms with Crippen molar-refractivity contribution in [2.45, 2.75) is 13.5 Å². The molecule has 4 nitrogen and oxygen atoms in total. The van der Waals surface area contributed by atoms with Gasteiger partial charge in [0.1, 0.15) is 44.1 Å². The van der Waals surface area contributed by atoms with Crippen LogP contribution in [0.5, 0.6) is 0 Å². The van der Waals surface area contributed by atoms with Crippen LogP contribution in [-0.4, -0.2) is 42.1 Å². The van der Waals surface area contributed by atoms with Crippen molar-refractivity contribution < 1.29 is 9.80 Å². The number of aromatic nitrogens is 2. The summed E-state index contributed by atoms with van der Waals surface area (Å²) in [6.07, 6.45) is 8.91. The van der Waals surface area contributed by atoms with Crippen molar-refractivity contribution in [1.82, 2.24) is 9.38 Å². The topological polar surface area (TPSA) is 26.2 Å². The highest BCUT2D eigenvalue weighted by Gasteiger charge is 2.22. The first kappa shape index (κ1) is 17.0. The summed E-state index contributed by atoms with van der Waals surface area (Å²) >= 11 is 0. The minimum absolute atomic E-state index is 1.04. The SMILES string of the molecule is Cc1ccc2nc(C[NH+]3CC[NH+](C/C=C/c4ccccc4)CC3)cn2c1. The van der Waals surface area contributed by atoms with Crippen LogP contribution in [0.15, 0.2) is 60.9 Å². The van der Waals surface area contributed by atoms with Gasteiger partial charge in [-0.2, -0.15) is 0 Å². The van der Waals surface area contributed by atoms with E-state index in [0.29, 0.717) is 0 Å². The van der Waals surface area contributed by atoms with E-state index in [1.54, 1.807) is 9.80 Å². The molecule has 0 saturated carbocycles. The third-order valence-electron chi connectivity index (χ3n) is 5.26. The first-order chi connectivity index (χ1) is 12.8. The van der Waals surface area contributed by atoms with E-state index in [1.165, 1.54) is 43.0 Å². The van der Waals surface area contributed by atoms with Crippen LogP contribution >= 0.6 is 0 Å². The van der Waals surface area contributed by atoms with Gasteiger partial charge in [0.2, 0.25) is 0 Å². The Morgan fingerprint density at radius 2 is 1.73 bits per heavy atom. The molecular weight excluding hydrogens is 320 g/mol. The van der Waals surface area contributed by atoms with Gasteiger partial charge in [0.25, 0.3) is 0 Å². The van der Waals surface area contributed by atoms with Gasteiger partial charge in [-0.3, -0.25) is 0 Å². The van der Waals surface area contributed by atoms with E-state index in [4.69, 9.17) is 4.98 Å². The molecule has 0 bridgehead atoms. The lowest BCUT2D eigenvalue weighted by atomic mass is 10.2. The number of hydrogen-bond donors (Lipinski definition) is 2. The third kappa shape index (κ3) is 4.21. The number of benzene rings is 1. The summed E-state index contributed by atoms with van der Waals surface area (Å²) in [5.41, 5.74) is 4.83. The molecule has 1 aromatic carbocycles. The standard InChI is InChI=1S/C22H26N4/c1-19-9-10-22-23-21(18-26(22)16-19)17-25-14-12-24(13-15-25)11-5-8-20-6-3-2-4-7-20/h2-10,16,18H,11-15,17H2,1H3/p+2/b8-5+. The number of pyridine rings is 1. The lowest BCUT2D eigenvalue weighted by Gasteiger charge is -2.28. The van der Waals surface area contributed by atoms with Crippen LogP contribution in [0.4, 0.5) is 0 Å². The molecule has 3 aromatic rings. The van der Waals surface area contributed by atoms with Gasteiger partial charge in [-0.05, 0) is 30.2 Å². The number of imidazole rings is 1. The zero-order valence-electron chi connectivity index (χ0n) is 15.5. The third-order valence-corrected chi connectivity index (χ3v) is 5.26. The van der Waals surface area contributed by atoms with Crippen LogP contribution in [0.1, 0.15) is 16.8 Å². The lowest BCUT2D eigenvalue weighted by molar-refractivity contribution is -1.02. The highest BCUT2D eigenvalue weighted by atomic mass is 15.3. The predicted molar refractivity (Wildman–Crippen MR) is 105 cm³/mol. The fraction of sp³-hybridized carbons (Fsp3) is 0.318. The van der Waals surface area contributed by atoms with Crippen LogP contribution < -0.4 is 9.80 Å². The molecule has 1 saturated heterocycles. The summed E-state index contributed by atoms with van der Waals surface area (Å²) in [7, 11) is 0. The fourth-order valence-corrected chi connectivity index (χ4v) is 3.76. The van der Waals surface area contributed by atoms with Gasteiger partial charge in [-0.15, -0.1) is 0 Å². The predicted octanol–water partition coefficient (Wildman–Crippen LogP) is 0.640. The quantitative estimate of drug-likeness (QED) is 0.695. The summed E-state index contributed by atoms with van der Waals surface area (Å²) in [4.78, 5) is 8.11. The van der Waals surface area contributed by atoms with Gasteiger partial charge in [0, 0.05) is 12.4 Å². The van der Waals surface area contributed by atoms with Crippen LogP contribution in [0.2, 0.25) is 0 Å². The molecule has 1 fully saturated rings. The Morgan fingerprint density at radius 3 is 2.54 bits per heavy atom. The highest BCUT2D eigenvalue weighted by Crippen LogP contribution is 2.06. The summed E-state index contributed by atoms with van der Waals surface area (Å²) in [5.74, 6) is 0. The summed E-state index contributed by atoms with van der Waals surface area (Å²) in [5, 5.41) is 0. The Morgan fingerprint density at radius 1 is 0.962 bits per heavy atom. The van der Waals surface area contributed by atoms with E-state index >= 15 is 0 Å². The number of hydrogen-bond acceptors (Lipinski definition) is 1. The second-order valence-electron chi connectivity index (χ2n) is 7.40. The minimum Gasteiger partial charge on any atom is -0.322 e. The minimum atomic E-state index is 1.04. The van der Waals surface area contributed by atoms with Gasteiger partial charge < -0.3 is 14.2 Å². The summed E-state index contributed by atoms with van der Waals surface area (Å²) in [6, 6.07) is 14.8. The number of nitrogens with zero attached hydrogens (tertiary/aromatic N) is 2. The molecule has 1 aliphatic rings. The lowest BCUT2D eigenvalue weighted by Crippen LogP contribution is -3.27. The maximum absolute atomic E-state index is 4.77. The molecule has 0 amide bonds. The van der Waals surface area contributed by atoms with Crippen LogP contribution in [0.25, 0.3) is 11.7 Å². The van der Waals surface area contributed by atoms with Crippen molar-refractivity contribution in [3.8, 4) is 0 Å². The van der Waals surface area contributed by atoms with Crippen molar-refractivity contribution in [2.24, 2.45) is 0 Å². The summed E-state index contributed by atoms with van der Waals surface area (Å²) in [6.45, 7) is 9.20. The number of aryl methyl sites for hydroxylation is 1. The first-order valence-corrected chi connectivity index (χ1v) is 9.59. The summed E-state index contributed by atoms with van der Waals surface area (Å²) < 4.78 is 2.15. The zero-order chi connectivity index (χ0) is 17.8. The van der Waals surface area contributed by atoms with E-state index in [1.807, 2.05) is 0 Å². The molecule has 1 aliphatic heterocycles. The second kappa shape index (κ2) is 7.85. The number of rotatable bonds is 5. The van der Waals surface area contributed by atoms with Gasteiger partial charge >= 0.3 is 0 Å². The van der Waals surface area contributed by atoms with E-state index in [0.717, 1.165) is 18.7 Å². The van der Waals surface area contributed by atoms with Crippen molar-refractivity contribution in [3.63, 3.8) is 0 Å². The molecule has 0 spiro atoms. The molecular formula is C22H28N4+2. The molecule has 134 valence electrons. The molecule has 4 heteroatoms. The van der Waals surface area contributed by atoms with Gasteiger partial charge in [0.05, 0.1) is 6.54 Å². The molecule has 2 aromatic heterocycles. The fourth-order valence-electron chi connectivity index (χ4n) is 3.76. The Balaban J connectivity index is 1.27. The molecule has 2 N–H and O–H groups in total. The van der Waals surface area contributed by atoms with E-state index < -0.39 is 0 Å². The molecule has 0 unspecified atom stereocenters. The van der Waals surface area contributed by atoms with Crippen LogP contribution in [-0.2, 0) is 6.54 Å². The number of quaternary nitrogens is 2. The Hall–Kier alpha value is -2.43. The number of fused-ring (bicyclic) bond motifs is 1. The normalized spacial score (nSPS) is 20.8. The Kier molecular flexibility index (Phi) is 5.14. The Labute approximate surface area is 155 Å². The Bertz CT molecular complexity index is 874. The molecule has 26 heavy (non-hydrogen) atoms. The van der Waals surface area contributed by atoms with Crippen molar-refractivity contribution >= 4 is 11.7 Å². The molecule has 3 heterocycles. The molecule has 0 radical (unpaired) electrons. The highest BCUT2D eigenvalue weighted by molar-refractivity contribution is 5.48. The largest absolute Gasteiger partial charge is 0.322 e. The van der Waals surface area contributed by atoms with Crippen molar-refractivity contribution in [3.05, 3.63) is 77.8 Å². The number of piperazine rings is 1. The maximum Gasteiger partial charge on any atom is 0.137 e. The van der Waals surface area contributed by atoms with E-state index in [-0.39, 0.29) is 0 Å². The van der Waals surface area contributed by atoms with Crippen LogP contribution in [0.3, 0.4) is 0 Å². The van der Waals surface area contributed by atoms with Crippen molar-refractivity contribution in [1.29, 1.82) is 0 Å². The molecule has 4 rings (SSSR count). The monoisotopic (exact) mass is 348 g/mol. The smallest absolute Gasteiger partial charge is 0.137 e. The van der Waals surface area contributed by atoms with Gasteiger partial charge in [0.15, 0.2) is 0 Å². The average molecular weight is 348 g/mol. The van der Waals surface area contributed by atoms with E-state index in [9.17, 15) is 0 Å². The van der Waals surface area contributed by atoms with E-state index in [2.05, 4.69) is 78.3 Å². The van der Waals surface area contributed by atoms with Crippen LogP contribution in [0, 0.1) is 6.92 Å². The zero-order valence-corrected chi connectivity index (χ0v) is 15.5. The van der Waals surface area contributed by atoms with Gasteiger partial charge in [-0.1, -0.05) is 42.5 Å². The van der Waals surface area contributed by atoms with Gasteiger partial charge in [-0.25, -0.2) is 4.98 Å². The first-order valence-electron chi connectivity index (χ1n) is 9.59. The average Bonchev–Trinajstić information content (AvgIpc) is 3.05. The maximum atomic E-state index is 4.77. The molecule has 0 aliphatic carbocycles. The molecule has 0 atom stereocenters.